The Morgan fingerprint density at radius 2 is 1.75 bits per heavy atom. The van der Waals surface area contributed by atoms with E-state index >= 15 is 0 Å². The fourth-order valence-electron chi connectivity index (χ4n) is 8.98. The Morgan fingerprint density at radius 1 is 0.966 bits per heavy atom. The lowest BCUT2D eigenvalue weighted by atomic mass is 9.53. The molecule has 5 aromatic rings. The molecular formula is C40H42F3N11O5. The van der Waals surface area contributed by atoms with Crippen LogP contribution in [0.2, 0.25) is 0 Å². The second-order valence-corrected chi connectivity index (χ2v) is 16.1. The third-order valence-corrected chi connectivity index (χ3v) is 12.7. The minimum Gasteiger partial charge on any atom is -0.503 e. The molecule has 1 aromatic carbocycles. The number of nitrogens with zero attached hydrogens (tertiary/aromatic N) is 9. The molecule has 6 heterocycles. The molecule has 59 heavy (non-hydrogen) atoms. The summed E-state index contributed by atoms with van der Waals surface area (Å²) in [5, 5.41) is 23.2. The Bertz CT molecular complexity index is 2420. The molecule has 0 atom stereocenters. The number of aromatic hydroxyl groups is 1. The maximum Gasteiger partial charge on any atom is 0.328 e. The number of aryl methyl sites for hydroxylation is 1. The molecule has 16 nitrogen and oxygen atoms in total. The Balaban J connectivity index is 0.753. The van der Waals surface area contributed by atoms with Gasteiger partial charge in [0.15, 0.2) is 23.2 Å². The van der Waals surface area contributed by atoms with Gasteiger partial charge >= 0.3 is 6.03 Å². The van der Waals surface area contributed by atoms with Crippen LogP contribution in [0.5, 0.6) is 5.75 Å². The molecule has 19 heteroatoms. The van der Waals surface area contributed by atoms with Gasteiger partial charge in [0.25, 0.3) is 11.8 Å². The molecule has 5 aliphatic rings. The molecule has 3 aliphatic carbocycles. The monoisotopic (exact) mass is 813 g/mol. The summed E-state index contributed by atoms with van der Waals surface area (Å²) in [6, 6.07) is 5.86. The highest BCUT2D eigenvalue weighted by molar-refractivity contribution is 6.07. The van der Waals surface area contributed by atoms with E-state index in [9.17, 15) is 32.7 Å². The molecule has 308 valence electrons. The molecule has 4 amide bonds. The number of phenolic OH excluding ortho intramolecular Hbond substituents is 1. The molecule has 0 radical (unpaired) electrons. The Kier molecular flexibility index (Phi) is 9.92. The topological polar surface area (TPSA) is 187 Å². The highest BCUT2D eigenvalue weighted by Crippen LogP contribution is 2.57. The van der Waals surface area contributed by atoms with Gasteiger partial charge in [-0.15, -0.1) is 0 Å². The highest BCUT2D eigenvalue weighted by atomic mass is 19.2. The largest absolute Gasteiger partial charge is 0.503 e. The van der Waals surface area contributed by atoms with Crippen molar-refractivity contribution in [3.63, 3.8) is 0 Å². The number of benzene rings is 1. The zero-order valence-electron chi connectivity index (χ0n) is 32.1. The average molecular weight is 814 g/mol. The predicted molar refractivity (Wildman–Crippen MR) is 205 cm³/mol. The van der Waals surface area contributed by atoms with Crippen LogP contribution in [0.4, 0.5) is 29.6 Å². The van der Waals surface area contributed by atoms with Gasteiger partial charge in [-0.3, -0.25) is 24.7 Å². The first kappa shape index (κ1) is 38.4. The minimum atomic E-state index is -1.79. The number of rotatable bonds is 11. The zero-order chi connectivity index (χ0) is 40.9. The normalized spacial score (nSPS) is 22.3. The van der Waals surface area contributed by atoms with Crippen LogP contribution >= 0.6 is 0 Å². The Labute approximate surface area is 335 Å². The molecular weight excluding hydrogens is 772 g/mol. The first-order chi connectivity index (χ1) is 28.5. The first-order valence-corrected chi connectivity index (χ1v) is 19.9. The summed E-state index contributed by atoms with van der Waals surface area (Å²) in [6.45, 7) is 4.73. The van der Waals surface area contributed by atoms with E-state index in [1.807, 2.05) is 12.3 Å². The predicted octanol–water partition coefficient (Wildman–Crippen LogP) is 4.52. The van der Waals surface area contributed by atoms with Gasteiger partial charge in [0.2, 0.25) is 17.7 Å². The minimum absolute atomic E-state index is 0.223. The lowest BCUT2D eigenvalue weighted by molar-refractivity contribution is -0.120. The molecule has 3 saturated carbocycles. The molecule has 10 rings (SSSR count). The van der Waals surface area contributed by atoms with Gasteiger partial charge < -0.3 is 19.8 Å². The van der Waals surface area contributed by atoms with E-state index in [1.165, 1.54) is 0 Å². The number of imide groups is 1. The van der Waals surface area contributed by atoms with E-state index in [4.69, 9.17) is 14.5 Å². The number of halogens is 3. The molecule has 4 aromatic heterocycles. The van der Waals surface area contributed by atoms with Crippen molar-refractivity contribution in [1.29, 1.82) is 0 Å². The van der Waals surface area contributed by atoms with E-state index in [0.717, 1.165) is 95.2 Å². The summed E-state index contributed by atoms with van der Waals surface area (Å²) in [7, 11) is 0. The van der Waals surface area contributed by atoms with Crippen LogP contribution < -0.4 is 20.4 Å². The number of hydrogen-bond donors (Lipinski definition) is 3. The average Bonchev–Trinajstić information content (AvgIpc) is 3.93. The van der Waals surface area contributed by atoms with Crippen LogP contribution in [0.1, 0.15) is 73.1 Å². The third kappa shape index (κ3) is 7.31. The number of aromatic nitrogens is 6. The van der Waals surface area contributed by atoms with E-state index in [1.54, 1.807) is 27.9 Å². The number of carbonyl (C=O) groups is 3. The fraction of sp³-hybridized carbons (Fsp3) is 0.450. The van der Waals surface area contributed by atoms with Crippen molar-refractivity contribution >= 4 is 35.0 Å². The second kappa shape index (κ2) is 15.2. The van der Waals surface area contributed by atoms with Crippen LogP contribution in [0.25, 0.3) is 17.1 Å². The van der Waals surface area contributed by atoms with E-state index in [2.05, 4.69) is 41.7 Å². The molecule has 2 bridgehead atoms. The Morgan fingerprint density at radius 3 is 2.51 bits per heavy atom. The summed E-state index contributed by atoms with van der Waals surface area (Å²) >= 11 is 0. The van der Waals surface area contributed by atoms with E-state index in [0.29, 0.717) is 41.7 Å². The molecule has 3 N–H and O–H groups in total. The summed E-state index contributed by atoms with van der Waals surface area (Å²) in [5.74, 6) is -5.91. The highest BCUT2D eigenvalue weighted by Gasteiger charge is 2.51. The number of hydrogen-bond acceptors (Lipinski definition) is 12. The van der Waals surface area contributed by atoms with Crippen molar-refractivity contribution in [2.24, 2.45) is 5.41 Å². The number of urea groups is 1. The van der Waals surface area contributed by atoms with E-state index < -0.39 is 40.7 Å². The van der Waals surface area contributed by atoms with Crippen molar-refractivity contribution in [3.8, 4) is 17.3 Å². The SMILES string of the molecule is O=C1CCN(c2cnn3cc(CCCN4CCN(c5nccc(-c6nc([C@]78CC[C@](CNC(=O)c9cc(F)c(O)c(F)c9F)(CC7)CC8)no6)n5)CC4)ccc23)C(=O)N1. The summed E-state index contributed by atoms with van der Waals surface area (Å²) in [6.07, 6.45) is 11.9. The molecule has 0 unspecified atom stereocenters. The lowest BCUT2D eigenvalue weighted by Gasteiger charge is -2.52. The Hall–Kier alpha value is -6.11. The van der Waals surface area contributed by atoms with Gasteiger partial charge in [0.1, 0.15) is 5.69 Å². The molecule has 0 spiro atoms. The van der Waals surface area contributed by atoms with Crippen LogP contribution in [0.3, 0.4) is 0 Å². The number of phenols is 1. The molecule has 5 fully saturated rings. The quantitative estimate of drug-likeness (QED) is 0.159. The standard InChI is InChI=1S/C40H42F3N11O5/c41-26-20-25(31(42)32(43)33(26)56)34(57)45-23-39-7-10-40(11-8-39,12-9-39)36-49-35(59-50-36)27-5-13-44-37(47-27)52-18-16-51(17-19-52)14-1-2-24-3-4-28-29(21-46-54(28)22-24)53-15-6-30(55)48-38(53)58/h3-5,13,20-22,56H,1-2,6-12,14-19,23H2,(H,45,57)(H,48,55,58)/t39-,40+. The van der Waals surface area contributed by atoms with Crippen LogP contribution in [0.15, 0.2) is 47.4 Å². The number of nitrogens with one attached hydrogen (secondary N) is 2. The molecule has 2 saturated heterocycles. The maximum absolute atomic E-state index is 14.3. The van der Waals surface area contributed by atoms with Gasteiger partial charge in [-0.1, -0.05) is 11.2 Å². The second-order valence-electron chi connectivity index (χ2n) is 16.1. The van der Waals surface area contributed by atoms with Crippen molar-refractivity contribution in [2.45, 2.75) is 63.2 Å². The number of carbonyl (C=O) groups excluding carboxylic acids is 3. The third-order valence-electron chi connectivity index (χ3n) is 12.7. The lowest BCUT2D eigenvalue weighted by Crippen LogP contribution is -2.49. The number of fused-ring (bicyclic) bond motifs is 4. The van der Waals surface area contributed by atoms with Gasteiger partial charge in [-0.25, -0.2) is 28.1 Å². The zero-order valence-corrected chi connectivity index (χ0v) is 32.1. The number of amides is 4. The van der Waals surface area contributed by atoms with Gasteiger partial charge in [-0.05, 0) is 87.1 Å². The number of piperazine rings is 1. The fourth-order valence-corrected chi connectivity index (χ4v) is 8.98. The van der Waals surface area contributed by atoms with Crippen LogP contribution in [-0.4, -0.2) is 103 Å². The van der Waals surface area contributed by atoms with Crippen molar-refractivity contribution in [2.75, 3.05) is 55.6 Å². The van der Waals surface area contributed by atoms with Crippen molar-refractivity contribution in [3.05, 3.63) is 77.3 Å². The maximum atomic E-state index is 14.3. The van der Waals surface area contributed by atoms with Crippen molar-refractivity contribution in [1.82, 2.24) is 45.3 Å². The summed E-state index contributed by atoms with van der Waals surface area (Å²) in [4.78, 5) is 56.9. The van der Waals surface area contributed by atoms with Crippen LogP contribution in [-0.2, 0) is 16.6 Å². The molecule has 2 aliphatic heterocycles. The van der Waals surface area contributed by atoms with Gasteiger partial charge in [0.05, 0.1) is 23.0 Å². The van der Waals surface area contributed by atoms with Crippen LogP contribution in [0, 0.1) is 22.9 Å². The first-order valence-electron chi connectivity index (χ1n) is 19.9. The number of pyridine rings is 1. The summed E-state index contributed by atoms with van der Waals surface area (Å²) < 4.78 is 49.5. The number of anilines is 2. The van der Waals surface area contributed by atoms with Gasteiger partial charge in [0, 0.05) is 63.5 Å². The van der Waals surface area contributed by atoms with E-state index in [-0.39, 0.29) is 29.7 Å². The van der Waals surface area contributed by atoms with Crippen molar-refractivity contribution < 1.29 is 37.2 Å². The summed E-state index contributed by atoms with van der Waals surface area (Å²) in [5.41, 5.74) is 1.84. The smallest absolute Gasteiger partial charge is 0.328 e. The van der Waals surface area contributed by atoms with Gasteiger partial charge in [-0.2, -0.15) is 14.5 Å².